The van der Waals surface area contributed by atoms with Crippen LogP contribution in [0.5, 0.6) is 0 Å². The van der Waals surface area contributed by atoms with Gasteiger partial charge in [-0.3, -0.25) is 0 Å². The number of hydrogen-bond donors (Lipinski definition) is 1. The summed E-state index contributed by atoms with van der Waals surface area (Å²) in [5.74, 6) is 0.468. The van der Waals surface area contributed by atoms with E-state index < -0.39 is 0 Å². The molecular formula is C17H24N4O3. The zero-order chi connectivity index (χ0) is 17.4. The smallest absolute Gasteiger partial charge is 0.318 e. The van der Waals surface area contributed by atoms with Gasteiger partial charge in [0.05, 0.1) is 24.5 Å². The van der Waals surface area contributed by atoms with Crippen LogP contribution in [0.1, 0.15) is 39.1 Å². The van der Waals surface area contributed by atoms with Gasteiger partial charge in [0, 0.05) is 6.54 Å². The number of carbonyl (C=O) groups excluding carboxylic acids is 1. The van der Waals surface area contributed by atoms with Gasteiger partial charge < -0.3 is 19.1 Å². The van der Waals surface area contributed by atoms with Gasteiger partial charge in [-0.15, -0.1) is 0 Å². The highest BCUT2D eigenvalue weighted by Gasteiger charge is 2.64. The second-order valence-corrected chi connectivity index (χ2v) is 7.50. The number of nitrogens with one attached hydrogen (secondary N) is 1. The first-order valence-electron chi connectivity index (χ1n) is 8.09. The molecule has 24 heavy (non-hydrogen) atoms. The second kappa shape index (κ2) is 5.96. The first kappa shape index (κ1) is 16.5. The van der Waals surface area contributed by atoms with Crippen molar-refractivity contribution in [3.63, 3.8) is 0 Å². The summed E-state index contributed by atoms with van der Waals surface area (Å²) in [5, 5.41) is 3.05. The lowest BCUT2D eigenvalue weighted by molar-refractivity contribution is 0.189. The Kier molecular flexibility index (Phi) is 4.11. The van der Waals surface area contributed by atoms with E-state index in [0.717, 1.165) is 0 Å². The zero-order valence-electron chi connectivity index (χ0n) is 14.6. The van der Waals surface area contributed by atoms with E-state index in [1.54, 1.807) is 4.90 Å². The lowest BCUT2D eigenvalue weighted by Crippen LogP contribution is -2.40. The summed E-state index contributed by atoms with van der Waals surface area (Å²) >= 11 is 0. The number of aromatic nitrogens is 2. The van der Waals surface area contributed by atoms with Crippen molar-refractivity contribution in [1.82, 2.24) is 20.2 Å². The van der Waals surface area contributed by atoms with Gasteiger partial charge in [0.1, 0.15) is 12.5 Å². The third-order valence-corrected chi connectivity index (χ3v) is 5.74. The maximum absolute atomic E-state index is 12.6. The standard InChI is InChI=1S/C17H24N4O3/c1-16(2)14(17(16,3)4)5-18-15(22)21(6-12-8-23-10-19-12)7-13-9-24-11-20-13/h8-11,14H,5-7H2,1-4H3,(H,18,22). The first-order valence-corrected chi connectivity index (χ1v) is 8.09. The molecule has 0 bridgehead atoms. The number of amides is 2. The molecule has 2 heterocycles. The van der Waals surface area contributed by atoms with Gasteiger partial charge in [-0.05, 0) is 16.7 Å². The Morgan fingerprint density at radius 2 is 1.58 bits per heavy atom. The Bertz CT molecular complexity index is 627. The van der Waals surface area contributed by atoms with Crippen LogP contribution in [0, 0.1) is 16.7 Å². The molecular weight excluding hydrogens is 308 g/mol. The molecule has 130 valence electrons. The van der Waals surface area contributed by atoms with Gasteiger partial charge in [0.2, 0.25) is 0 Å². The summed E-state index contributed by atoms with van der Waals surface area (Å²) < 4.78 is 9.98. The minimum atomic E-state index is -0.139. The monoisotopic (exact) mass is 332 g/mol. The average molecular weight is 332 g/mol. The number of hydrogen-bond acceptors (Lipinski definition) is 5. The molecule has 1 aliphatic carbocycles. The van der Waals surface area contributed by atoms with E-state index in [2.05, 4.69) is 43.0 Å². The molecule has 2 aromatic rings. The molecule has 0 spiro atoms. The largest absolute Gasteiger partial charge is 0.451 e. The van der Waals surface area contributed by atoms with Crippen LogP contribution in [0.15, 0.2) is 34.1 Å². The fraction of sp³-hybridized carbons (Fsp3) is 0.588. The Morgan fingerprint density at radius 3 is 1.96 bits per heavy atom. The summed E-state index contributed by atoms with van der Waals surface area (Å²) in [7, 11) is 0. The van der Waals surface area contributed by atoms with E-state index >= 15 is 0 Å². The quantitative estimate of drug-likeness (QED) is 0.879. The van der Waals surface area contributed by atoms with Gasteiger partial charge >= 0.3 is 6.03 Å². The van der Waals surface area contributed by atoms with E-state index in [-0.39, 0.29) is 16.9 Å². The predicted molar refractivity (Wildman–Crippen MR) is 86.7 cm³/mol. The van der Waals surface area contributed by atoms with Crippen LogP contribution in [0.4, 0.5) is 4.79 Å². The number of oxazole rings is 2. The van der Waals surface area contributed by atoms with Crippen LogP contribution in [0.25, 0.3) is 0 Å². The molecule has 1 saturated carbocycles. The lowest BCUT2D eigenvalue weighted by Gasteiger charge is -2.21. The Hall–Kier alpha value is -2.31. The van der Waals surface area contributed by atoms with Crippen molar-refractivity contribution in [1.29, 1.82) is 0 Å². The van der Waals surface area contributed by atoms with E-state index in [1.807, 2.05) is 0 Å². The van der Waals surface area contributed by atoms with Crippen LogP contribution in [0.2, 0.25) is 0 Å². The summed E-state index contributed by atoms with van der Waals surface area (Å²) in [4.78, 5) is 22.5. The highest BCUT2D eigenvalue weighted by molar-refractivity contribution is 5.74. The number of urea groups is 1. The summed E-state index contributed by atoms with van der Waals surface area (Å²) in [6, 6.07) is -0.139. The highest BCUT2D eigenvalue weighted by atomic mass is 16.3. The average Bonchev–Trinajstić information content (AvgIpc) is 3.07. The van der Waals surface area contributed by atoms with E-state index in [9.17, 15) is 4.79 Å². The number of nitrogens with zero attached hydrogens (tertiary/aromatic N) is 3. The van der Waals surface area contributed by atoms with Crippen molar-refractivity contribution in [2.75, 3.05) is 6.54 Å². The molecule has 1 N–H and O–H groups in total. The summed E-state index contributed by atoms with van der Waals surface area (Å²) in [6.07, 6.45) is 5.79. The molecule has 3 rings (SSSR count). The molecule has 7 heteroatoms. The van der Waals surface area contributed by atoms with Gasteiger partial charge in [0.25, 0.3) is 0 Å². The minimum Gasteiger partial charge on any atom is -0.451 e. The molecule has 1 aliphatic rings. The molecule has 0 saturated heterocycles. The highest BCUT2D eigenvalue weighted by Crippen LogP contribution is 2.67. The minimum absolute atomic E-state index is 0.139. The van der Waals surface area contributed by atoms with E-state index in [0.29, 0.717) is 36.9 Å². The van der Waals surface area contributed by atoms with Gasteiger partial charge in [0.15, 0.2) is 12.8 Å². The topological polar surface area (TPSA) is 84.4 Å². The third kappa shape index (κ3) is 3.02. The maximum Gasteiger partial charge on any atom is 0.318 e. The Morgan fingerprint density at radius 1 is 1.08 bits per heavy atom. The number of carbonyl (C=O) groups is 1. The van der Waals surface area contributed by atoms with Crippen molar-refractivity contribution < 1.29 is 13.6 Å². The van der Waals surface area contributed by atoms with Crippen LogP contribution in [0.3, 0.4) is 0 Å². The molecule has 7 nitrogen and oxygen atoms in total. The van der Waals surface area contributed by atoms with Crippen molar-refractivity contribution in [3.8, 4) is 0 Å². The van der Waals surface area contributed by atoms with Crippen molar-refractivity contribution in [2.24, 2.45) is 16.7 Å². The lowest BCUT2D eigenvalue weighted by atomic mass is 10.0. The molecule has 0 aromatic carbocycles. The second-order valence-electron chi connectivity index (χ2n) is 7.50. The third-order valence-electron chi connectivity index (χ3n) is 5.74. The van der Waals surface area contributed by atoms with Crippen LogP contribution in [-0.4, -0.2) is 27.4 Å². The number of rotatable bonds is 6. The van der Waals surface area contributed by atoms with Crippen LogP contribution in [-0.2, 0) is 13.1 Å². The van der Waals surface area contributed by atoms with Crippen LogP contribution < -0.4 is 5.32 Å². The van der Waals surface area contributed by atoms with Crippen molar-refractivity contribution in [2.45, 2.75) is 40.8 Å². The summed E-state index contributed by atoms with van der Waals surface area (Å²) in [5.41, 5.74) is 1.87. The van der Waals surface area contributed by atoms with Gasteiger partial charge in [-0.2, -0.15) is 0 Å². The molecule has 0 radical (unpaired) electrons. The van der Waals surface area contributed by atoms with E-state index in [4.69, 9.17) is 8.83 Å². The molecule has 2 amide bonds. The fourth-order valence-electron chi connectivity index (χ4n) is 3.37. The van der Waals surface area contributed by atoms with Gasteiger partial charge in [-0.1, -0.05) is 27.7 Å². The Labute approximate surface area is 141 Å². The fourth-order valence-corrected chi connectivity index (χ4v) is 3.37. The Balaban J connectivity index is 1.62. The first-order chi connectivity index (χ1) is 11.3. The normalized spacial score (nSPS) is 18.3. The van der Waals surface area contributed by atoms with Crippen molar-refractivity contribution in [3.05, 3.63) is 36.7 Å². The molecule has 0 unspecified atom stereocenters. The summed E-state index contributed by atoms with van der Waals surface area (Å²) in [6.45, 7) is 10.3. The molecule has 1 fully saturated rings. The van der Waals surface area contributed by atoms with E-state index in [1.165, 1.54) is 25.3 Å². The van der Waals surface area contributed by atoms with Crippen molar-refractivity contribution >= 4 is 6.03 Å². The molecule has 2 aromatic heterocycles. The van der Waals surface area contributed by atoms with Gasteiger partial charge in [-0.25, -0.2) is 14.8 Å². The SMILES string of the molecule is CC1(C)C(CNC(=O)N(Cc2cocn2)Cc2cocn2)C1(C)C. The zero-order valence-corrected chi connectivity index (χ0v) is 14.6. The molecule has 0 atom stereocenters. The molecule has 0 aliphatic heterocycles. The van der Waals surface area contributed by atoms with Crippen LogP contribution >= 0.6 is 0 Å². The predicted octanol–water partition coefficient (Wildman–Crippen LogP) is 3.06. The maximum atomic E-state index is 12.6.